The molecule has 4 heteroatoms. The summed E-state index contributed by atoms with van der Waals surface area (Å²) in [6, 6.07) is 5.25. The summed E-state index contributed by atoms with van der Waals surface area (Å²) in [5.41, 5.74) is 1.19. The van der Waals surface area contributed by atoms with Gasteiger partial charge < -0.3 is 10.1 Å². The number of aromatic nitrogens is 1. The molecule has 0 aromatic carbocycles. The Labute approximate surface area is 122 Å². The molecule has 0 aliphatic carbocycles. The molecular formula is C16H27N3O. The van der Waals surface area contributed by atoms with Crippen LogP contribution in [0, 0.1) is 0 Å². The maximum Gasteiger partial charge on any atom is 0.217 e. The zero-order valence-corrected chi connectivity index (χ0v) is 12.9. The molecular weight excluding hydrogens is 250 g/mol. The predicted octanol–water partition coefficient (Wildman–Crippen LogP) is 2.44. The van der Waals surface area contributed by atoms with Crippen LogP contribution in [0.1, 0.15) is 38.7 Å². The molecule has 0 amide bonds. The van der Waals surface area contributed by atoms with Gasteiger partial charge in [-0.2, -0.15) is 0 Å². The highest BCUT2D eigenvalue weighted by atomic mass is 16.5. The fourth-order valence-corrected chi connectivity index (χ4v) is 3.18. The summed E-state index contributed by atoms with van der Waals surface area (Å²) >= 11 is 0. The zero-order valence-electron chi connectivity index (χ0n) is 12.9. The molecule has 1 aromatic heterocycles. The fourth-order valence-electron chi connectivity index (χ4n) is 3.18. The van der Waals surface area contributed by atoms with Crippen molar-refractivity contribution in [3.05, 3.63) is 23.9 Å². The Morgan fingerprint density at radius 3 is 3.10 bits per heavy atom. The maximum atomic E-state index is 5.38. The van der Waals surface area contributed by atoms with Crippen molar-refractivity contribution >= 4 is 0 Å². The van der Waals surface area contributed by atoms with Crippen molar-refractivity contribution in [3.63, 3.8) is 0 Å². The van der Waals surface area contributed by atoms with Gasteiger partial charge in [0.2, 0.25) is 5.88 Å². The first-order valence-electron chi connectivity index (χ1n) is 7.71. The SMILES string of the molecule is CCNC(C)C1CCCCN1Cc1cccnc1OC. The van der Waals surface area contributed by atoms with Gasteiger partial charge in [0, 0.05) is 30.4 Å². The van der Waals surface area contributed by atoms with Crippen molar-refractivity contribution in [1.29, 1.82) is 0 Å². The van der Waals surface area contributed by atoms with E-state index in [9.17, 15) is 0 Å². The lowest BCUT2D eigenvalue weighted by molar-refractivity contribution is 0.111. The molecule has 2 heterocycles. The van der Waals surface area contributed by atoms with Crippen LogP contribution in [0.5, 0.6) is 5.88 Å². The van der Waals surface area contributed by atoms with Crippen molar-refractivity contribution in [2.24, 2.45) is 0 Å². The third-order valence-electron chi connectivity index (χ3n) is 4.18. The van der Waals surface area contributed by atoms with E-state index in [1.165, 1.54) is 31.4 Å². The number of hydrogen-bond acceptors (Lipinski definition) is 4. The van der Waals surface area contributed by atoms with Gasteiger partial charge in [-0.3, -0.25) is 4.90 Å². The summed E-state index contributed by atoms with van der Waals surface area (Å²) in [4.78, 5) is 6.88. The van der Waals surface area contributed by atoms with Gasteiger partial charge in [-0.1, -0.05) is 19.4 Å². The second-order valence-electron chi connectivity index (χ2n) is 5.55. The molecule has 2 unspecified atom stereocenters. The standard InChI is InChI=1S/C16H27N3O/c1-4-17-13(2)15-9-5-6-11-19(15)12-14-8-7-10-18-16(14)20-3/h7-8,10,13,15,17H,4-6,9,11-12H2,1-3H3. The highest BCUT2D eigenvalue weighted by molar-refractivity contribution is 5.25. The van der Waals surface area contributed by atoms with E-state index < -0.39 is 0 Å². The molecule has 0 radical (unpaired) electrons. The number of hydrogen-bond donors (Lipinski definition) is 1. The third-order valence-corrected chi connectivity index (χ3v) is 4.18. The highest BCUT2D eigenvalue weighted by Gasteiger charge is 2.27. The number of likely N-dealkylation sites (tertiary alicyclic amines) is 1. The minimum absolute atomic E-state index is 0.531. The summed E-state index contributed by atoms with van der Waals surface area (Å²) in [6.45, 7) is 7.60. The Morgan fingerprint density at radius 2 is 2.35 bits per heavy atom. The average molecular weight is 277 g/mol. The molecule has 1 N–H and O–H groups in total. The first-order chi connectivity index (χ1) is 9.76. The summed E-state index contributed by atoms with van der Waals surface area (Å²) in [5, 5.41) is 3.57. The van der Waals surface area contributed by atoms with E-state index in [1.807, 2.05) is 6.07 Å². The Hall–Kier alpha value is -1.13. The van der Waals surface area contributed by atoms with Gasteiger partial charge in [0.05, 0.1) is 7.11 Å². The maximum absolute atomic E-state index is 5.38. The molecule has 1 aromatic rings. The van der Waals surface area contributed by atoms with Gasteiger partial charge in [-0.15, -0.1) is 0 Å². The number of piperidine rings is 1. The molecule has 1 fully saturated rings. The summed E-state index contributed by atoms with van der Waals surface area (Å²) < 4.78 is 5.38. The molecule has 1 aliphatic rings. The van der Waals surface area contributed by atoms with Gasteiger partial charge in [0.1, 0.15) is 0 Å². The first kappa shape index (κ1) is 15.3. The molecule has 112 valence electrons. The van der Waals surface area contributed by atoms with Crippen LogP contribution in [-0.2, 0) is 6.54 Å². The molecule has 0 spiro atoms. The van der Waals surface area contributed by atoms with Crippen LogP contribution in [0.3, 0.4) is 0 Å². The number of pyridine rings is 1. The zero-order chi connectivity index (χ0) is 14.4. The molecule has 20 heavy (non-hydrogen) atoms. The van der Waals surface area contributed by atoms with E-state index in [-0.39, 0.29) is 0 Å². The van der Waals surface area contributed by atoms with Crippen LogP contribution >= 0.6 is 0 Å². The average Bonchev–Trinajstić information content (AvgIpc) is 2.48. The van der Waals surface area contributed by atoms with Crippen molar-refractivity contribution in [2.75, 3.05) is 20.2 Å². The van der Waals surface area contributed by atoms with E-state index in [4.69, 9.17) is 4.74 Å². The van der Waals surface area contributed by atoms with Crippen LogP contribution in [0.4, 0.5) is 0 Å². The number of nitrogens with zero attached hydrogens (tertiary/aromatic N) is 2. The van der Waals surface area contributed by atoms with Crippen LogP contribution in [0.25, 0.3) is 0 Å². The van der Waals surface area contributed by atoms with Crippen LogP contribution in [-0.4, -0.2) is 42.2 Å². The van der Waals surface area contributed by atoms with Crippen molar-refractivity contribution < 1.29 is 4.74 Å². The van der Waals surface area contributed by atoms with E-state index in [0.29, 0.717) is 12.1 Å². The summed E-state index contributed by atoms with van der Waals surface area (Å²) in [7, 11) is 1.70. The molecule has 2 atom stereocenters. The summed E-state index contributed by atoms with van der Waals surface area (Å²) in [5.74, 6) is 0.757. The van der Waals surface area contributed by atoms with Gasteiger partial charge in [0.15, 0.2) is 0 Å². The summed E-state index contributed by atoms with van der Waals surface area (Å²) in [6.07, 6.45) is 5.69. The van der Waals surface area contributed by atoms with E-state index in [1.54, 1.807) is 13.3 Å². The minimum atomic E-state index is 0.531. The number of methoxy groups -OCH3 is 1. The molecule has 1 saturated heterocycles. The Kier molecular flexibility index (Phi) is 5.80. The van der Waals surface area contributed by atoms with Gasteiger partial charge in [-0.05, 0) is 38.9 Å². The van der Waals surface area contributed by atoms with Crippen molar-refractivity contribution in [1.82, 2.24) is 15.2 Å². The normalized spacial score (nSPS) is 21.6. The number of ether oxygens (including phenoxy) is 1. The van der Waals surface area contributed by atoms with Gasteiger partial charge in [-0.25, -0.2) is 4.98 Å². The second-order valence-corrected chi connectivity index (χ2v) is 5.55. The van der Waals surface area contributed by atoms with E-state index >= 15 is 0 Å². The van der Waals surface area contributed by atoms with Crippen molar-refractivity contribution in [3.8, 4) is 5.88 Å². The molecule has 1 aliphatic heterocycles. The van der Waals surface area contributed by atoms with Gasteiger partial charge in [0.25, 0.3) is 0 Å². The lowest BCUT2D eigenvalue weighted by Gasteiger charge is -2.39. The van der Waals surface area contributed by atoms with Crippen molar-refractivity contribution in [2.45, 2.75) is 51.7 Å². The molecule has 4 nitrogen and oxygen atoms in total. The Balaban J connectivity index is 2.08. The lowest BCUT2D eigenvalue weighted by Crippen LogP contribution is -2.50. The molecule has 2 rings (SSSR count). The Bertz CT molecular complexity index is 410. The molecule has 0 bridgehead atoms. The monoisotopic (exact) mass is 277 g/mol. The Morgan fingerprint density at radius 1 is 1.50 bits per heavy atom. The second kappa shape index (κ2) is 7.60. The van der Waals surface area contributed by atoms with Crippen LogP contribution < -0.4 is 10.1 Å². The van der Waals surface area contributed by atoms with E-state index in [0.717, 1.165) is 19.0 Å². The van der Waals surface area contributed by atoms with Crippen LogP contribution in [0.15, 0.2) is 18.3 Å². The lowest BCUT2D eigenvalue weighted by atomic mass is 9.96. The van der Waals surface area contributed by atoms with E-state index in [2.05, 4.69) is 35.1 Å². The topological polar surface area (TPSA) is 37.4 Å². The fraction of sp³-hybridized carbons (Fsp3) is 0.688. The number of nitrogens with one attached hydrogen (secondary N) is 1. The number of likely N-dealkylation sites (N-methyl/N-ethyl adjacent to an activating group) is 1. The predicted molar refractivity (Wildman–Crippen MR) is 82.0 cm³/mol. The van der Waals surface area contributed by atoms with Gasteiger partial charge >= 0.3 is 0 Å². The highest BCUT2D eigenvalue weighted by Crippen LogP contribution is 2.24. The number of rotatable bonds is 6. The third kappa shape index (κ3) is 3.70. The smallest absolute Gasteiger partial charge is 0.217 e. The molecule has 0 saturated carbocycles. The quantitative estimate of drug-likeness (QED) is 0.866. The first-order valence-corrected chi connectivity index (χ1v) is 7.71. The largest absolute Gasteiger partial charge is 0.481 e. The minimum Gasteiger partial charge on any atom is -0.481 e. The van der Waals surface area contributed by atoms with Crippen LogP contribution in [0.2, 0.25) is 0 Å².